The van der Waals surface area contributed by atoms with Gasteiger partial charge in [0.1, 0.15) is 0 Å². The Morgan fingerprint density at radius 2 is 2.50 bits per heavy atom. The Bertz CT molecular complexity index is 151. The molecule has 0 bridgehead atoms. The van der Waals surface area contributed by atoms with E-state index in [1.54, 1.807) is 0 Å². The Balaban J connectivity index is 2.59. The molecule has 0 aromatic rings. The first-order chi connectivity index (χ1) is 4.88. The van der Waals surface area contributed by atoms with Crippen LogP contribution in [0, 0.1) is 0 Å². The molecule has 2 heteroatoms. The molecule has 0 radical (unpaired) electrons. The Labute approximate surface area is 61.8 Å². The highest BCUT2D eigenvalue weighted by atomic mass is 16.5. The van der Waals surface area contributed by atoms with E-state index in [0.29, 0.717) is 0 Å². The number of ether oxygens (including phenoxy) is 1. The van der Waals surface area contributed by atoms with Gasteiger partial charge in [-0.1, -0.05) is 12.7 Å². The summed E-state index contributed by atoms with van der Waals surface area (Å²) in [6.07, 6.45) is 3.90. The van der Waals surface area contributed by atoms with Crippen LogP contribution in [0.1, 0.15) is 6.92 Å². The highest BCUT2D eigenvalue weighted by Gasteiger charge is 2.10. The van der Waals surface area contributed by atoms with E-state index < -0.39 is 0 Å². The molecule has 1 saturated heterocycles. The van der Waals surface area contributed by atoms with Gasteiger partial charge in [0.25, 0.3) is 0 Å². The van der Waals surface area contributed by atoms with Crippen molar-refractivity contribution >= 4 is 0 Å². The molecule has 0 amide bonds. The predicted molar refractivity (Wildman–Crippen MR) is 41.5 cm³/mol. The molecule has 10 heavy (non-hydrogen) atoms. The van der Waals surface area contributed by atoms with Crippen LogP contribution < -0.4 is 0 Å². The minimum Gasteiger partial charge on any atom is -0.373 e. The van der Waals surface area contributed by atoms with Crippen molar-refractivity contribution in [3.8, 4) is 0 Å². The molecule has 0 spiro atoms. The molecule has 1 heterocycles. The first kappa shape index (κ1) is 7.35. The number of allylic oxidation sites excluding steroid dienone is 1. The van der Waals surface area contributed by atoms with Crippen LogP contribution in [-0.4, -0.2) is 24.7 Å². The van der Waals surface area contributed by atoms with E-state index in [9.17, 15) is 0 Å². The summed E-state index contributed by atoms with van der Waals surface area (Å²) >= 11 is 0. The average molecular weight is 139 g/mol. The standard InChI is InChI=1S/C8H13NO/c1-3-8-7-10-6-5-9(8)4-2/h3-4H,2,5-7H2,1H3/b8-3-. The maximum atomic E-state index is 5.25. The molecule has 0 N–H and O–H groups in total. The average Bonchev–Trinajstić information content (AvgIpc) is 2.04. The van der Waals surface area contributed by atoms with Gasteiger partial charge in [-0.15, -0.1) is 0 Å². The summed E-state index contributed by atoms with van der Waals surface area (Å²) in [5.74, 6) is 0. The molecule has 56 valence electrons. The maximum Gasteiger partial charge on any atom is 0.0865 e. The van der Waals surface area contributed by atoms with Crippen LogP contribution in [-0.2, 0) is 4.74 Å². The van der Waals surface area contributed by atoms with E-state index in [4.69, 9.17) is 4.74 Å². The Morgan fingerprint density at radius 3 is 3.00 bits per heavy atom. The highest BCUT2D eigenvalue weighted by Crippen LogP contribution is 2.09. The fourth-order valence-corrected chi connectivity index (χ4v) is 1.02. The van der Waals surface area contributed by atoms with E-state index in [1.807, 2.05) is 13.1 Å². The summed E-state index contributed by atoms with van der Waals surface area (Å²) < 4.78 is 5.25. The van der Waals surface area contributed by atoms with Gasteiger partial charge in [0.15, 0.2) is 0 Å². The van der Waals surface area contributed by atoms with Crippen LogP contribution in [0.3, 0.4) is 0 Å². The first-order valence-corrected chi connectivity index (χ1v) is 3.50. The summed E-state index contributed by atoms with van der Waals surface area (Å²) in [5.41, 5.74) is 1.21. The zero-order valence-electron chi connectivity index (χ0n) is 6.34. The van der Waals surface area contributed by atoms with Crippen LogP contribution in [0.25, 0.3) is 0 Å². The third kappa shape index (κ3) is 1.39. The van der Waals surface area contributed by atoms with Crippen molar-refractivity contribution in [2.24, 2.45) is 0 Å². The molecule has 0 unspecified atom stereocenters. The van der Waals surface area contributed by atoms with Crippen molar-refractivity contribution in [1.29, 1.82) is 0 Å². The van der Waals surface area contributed by atoms with Crippen molar-refractivity contribution in [2.75, 3.05) is 19.8 Å². The molecule has 1 aliphatic rings. The molecule has 2 nitrogen and oxygen atoms in total. The summed E-state index contributed by atoms with van der Waals surface area (Å²) in [4.78, 5) is 2.11. The monoisotopic (exact) mass is 139 g/mol. The zero-order valence-corrected chi connectivity index (χ0v) is 6.34. The van der Waals surface area contributed by atoms with Crippen molar-refractivity contribution in [3.05, 3.63) is 24.6 Å². The molecule has 1 rings (SSSR count). The van der Waals surface area contributed by atoms with Crippen LogP contribution in [0.4, 0.5) is 0 Å². The molecule has 1 fully saturated rings. The fraction of sp³-hybridized carbons (Fsp3) is 0.500. The fourth-order valence-electron chi connectivity index (χ4n) is 1.02. The minimum absolute atomic E-state index is 0.725. The van der Waals surface area contributed by atoms with Gasteiger partial charge in [-0.05, 0) is 13.1 Å². The van der Waals surface area contributed by atoms with E-state index >= 15 is 0 Å². The summed E-state index contributed by atoms with van der Waals surface area (Å²) in [7, 11) is 0. The lowest BCUT2D eigenvalue weighted by Crippen LogP contribution is -2.29. The SMILES string of the molecule is C=CN1CCOC/C1=C/C. The van der Waals surface area contributed by atoms with E-state index in [0.717, 1.165) is 19.8 Å². The lowest BCUT2D eigenvalue weighted by atomic mass is 10.3. The lowest BCUT2D eigenvalue weighted by Gasteiger charge is -2.27. The van der Waals surface area contributed by atoms with Crippen molar-refractivity contribution < 1.29 is 4.74 Å². The second kappa shape index (κ2) is 3.42. The summed E-state index contributed by atoms with van der Waals surface area (Å²) in [6, 6.07) is 0. The summed E-state index contributed by atoms with van der Waals surface area (Å²) in [6.45, 7) is 8.19. The van der Waals surface area contributed by atoms with Gasteiger partial charge in [-0.25, -0.2) is 0 Å². The Kier molecular flexibility index (Phi) is 2.51. The smallest absolute Gasteiger partial charge is 0.0865 e. The Hall–Kier alpha value is -0.760. The molecular weight excluding hydrogens is 126 g/mol. The largest absolute Gasteiger partial charge is 0.373 e. The lowest BCUT2D eigenvalue weighted by molar-refractivity contribution is 0.0918. The third-order valence-corrected chi connectivity index (χ3v) is 1.65. The first-order valence-electron chi connectivity index (χ1n) is 3.50. The normalized spacial score (nSPS) is 23.3. The molecule has 0 aromatic heterocycles. The molecular formula is C8H13NO. The van der Waals surface area contributed by atoms with Crippen LogP contribution >= 0.6 is 0 Å². The number of nitrogens with zero attached hydrogens (tertiary/aromatic N) is 1. The van der Waals surface area contributed by atoms with Gasteiger partial charge in [-0.2, -0.15) is 0 Å². The number of rotatable bonds is 1. The van der Waals surface area contributed by atoms with Gasteiger partial charge in [0, 0.05) is 12.2 Å². The number of morpholine rings is 1. The van der Waals surface area contributed by atoms with E-state index in [1.165, 1.54) is 5.70 Å². The van der Waals surface area contributed by atoms with Crippen LogP contribution in [0.15, 0.2) is 24.6 Å². The zero-order chi connectivity index (χ0) is 7.40. The number of hydrogen-bond donors (Lipinski definition) is 0. The quantitative estimate of drug-likeness (QED) is 0.544. The number of hydrogen-bond acceptors (Lipinski definition) is 2. The molecule has 0 atom stereocenters. The van der Waals surface area contributed by atoms with Gasteiger partial charge in [-0.3, -0.25) is 0 Å². The highest BCUT2D eigenvalue weighted by molar-refractivity contribution is 5.05. The van der Waals surface area contributed by atoms with Gasteiger partial charge in [0.05, 0.1) is 13.2 Å². The van der Waals surface area contributed by atoms with Gasteiger partial charge < -0.3 is 9.64 Å². The molecule has 0 saturated carbocycles. The topological polar surface area (TPSA) is 12.5 Å². The summed E-state index contributed by atoms with van der Waals surface area (Å²) in [5, 5.41) is 0. The second-order valence-electron chi connectivity index (χ2n) is 2.21. The minimum atomic E-state index is 0.725. The maximum absolute atomic E-state index is 5.25. The van der Waals surface area contributed by atoms with Crippen LogP contribution in [0.5, 0.6) is 0 Å². The van der Waals surface area contributed by atoms with Gasteiger partial charge in [0.2, 0.25) is 0 Å². The van der Waals surface area contributed by atoms with Crippen molar-refractivity contribution in [1.82, 2.24) is 4.90 Å². The van der Waals surface area contributed by atoms with E-state index in [-0.39, 0.29) is 0 Å². The molecule has 1 aliphatic heterocycles. The van der Waals surface area contributed by atoms with E-state index in [2.05, 4.69) is 17.6 Å². The van der Waals surface area contributed by atoms with Crippen molar-refractivity contribution in [3.63, 3.8) is 0 Å². The Morgan fingerprint density at radius 1 is 1.70 bits per heavy atom. The third-order valence-electron chi connectivity index (χ3n) is 1.65. The molecule has 0 aromatic carbocycles. The molecule has 0 aliphatic carbocycles. The van der Waals surface area contributed by atoms with Gasteiger partial charge >= 0.3 is 0 Å². The predicted octanol–water partition coefficient (Wildman–Crippen LogP) is 1.37. The van der Waals surface area contributed by atoms with Crippen LogP contribution in [0.2, 0.25) is 0 Å². The van der Waals surface area contributed by atoms with Crippen molar-refractivity contribution in [2.45, 2.75) is 6.92 Å². The second-order valence-corrected chi connectivity index (χ2v) is 2.21.